The van der Waals surface area contributed by atoms with Crippen molar-refractivity contribution >= 4 is 0 Å². The molecule has 3 rings (SSSR count). The Morgan fingerprint density at radius 1 is 0.600 bits per heavy atom. The fourth-order valence-electron chi connectivity index (χ4n) is 3.15. The van der Waals surface area contributed by atoms with Gasteiger partial charge in [0, 0.05) is 5.92 Å². The van der Waals surface area contributed by atoms with E-state index in [9.17, 15) is 0 Å². The summed E-state index contributed by atoms with van der Waals surface area (Å²) in [7, 11) is 0. The molecule has 156 valence electrons. The summed E-state index contributed by atoms with van der Waals surface area (Å²) in [5.74, 6) is 0.0354. The van der Waals surface area contributed by atoms with Gasteiger partial charge < -0.3 is 14.2 Å². The number of rotatable bonds is 13. The van der Waals surface area contributed by atoms with Crippen LogP contribution in [0.4, 0.5) is 0 Å². The molecule has 0 N–H and O–H groups in total. The van der Waals surface area contributed by atoms with E-state index in [-0.39, 0.29) is 12.0 Å². The first-order chi connectivity index (χ1) is 14.8. The standard InChI is InChI=1S/C27H30O3/c1-2-26(21-28-18-23-12-6-3-7-13-23)27(30-20-25-16-10-5-11-17-25)22-29-19-24-14-8-4-9-15-24/h2-17,26-27H,1,18-22H2/t26-,27+/m1/s1. The maximum absolute atomic E-state index is 6.25. The largest absolute Gasteiger partial charge is 0.376 e. The normalized spacial score (nSPS) is 12.9. The third kappa shape index (κ3) is 7.60. The first-order valence-corrected chi connectivity index (χ1v) is 10.4. The molecule has 2 atom stereocenters. The second kappa shape index (κ2) is 12.8. The summed E-state index contributed by atoms with van der Waals surface area (Å²) in [6.45, 7) is 6.68. The second-order valence-electron chi connectivity index (χ2n) is 7.24. The van der Waals surface area contributed by atoms with Gasteiger partial charge in [0.1, 0.15) is 0 Å². The molecule has 0 aliphatic carbocycles. The van der Waals surface area contributed by atoms with E-state index < -0.39 is 0 Å². The van der Waals surface area contributed by atoms with Gasteiger partial charge in [-0.1, -0.05) is 97.1 Å². The van der Waals surface area contributed by atoms with Crippen molar-refractivity contribution in [2.24, 2.45) is 5.92 Å². The molecule has 0 radical (unpaired) electrons. The van der Waals surface area contributed by atoms with Gasteiger partial charge in [-0.15, -0.1) is 6.58 Å². The van der Waals surface area contributed by atoms with Crippen LogP contribution in [0, 0.1) is 5.92 Å². The highest BCUT2D eigenvalue weighted by molar-refractivity contribution is 5.15. The van der Waals surface area contributed by atoms with Gasteiger partial charge in [0.2, 0.25) is 0 Å². The molecule has 0 saturated carbocycles. The first-order valence-electron chi connectivity index (χ1n) is 10.4. The molecule has 0 aliphatic heterocycles. The van der Waals surface area contributed by atoms with Gasteiger partial charge >= 0.3 is 0 Å². The van der Waals surface area contributed by atoms with Gasteiger partial charge in [0.05, 0.1) is 39.1 Å². The van der Waals surface area contributed by atoms with Gasteiger partial charge in [-0.25, -0.2) is 0 Å². The Balaban J connectivity index is 1.55. The molecule has 30 heavy (non-hydrogen) atoms. The number of ether oxygens (including phenoxy) is 3. The lowest BCUT2D eigenvalue weighted by molar-refractivity contribution is -0.0663. The van der Waals surface area contributed by atoms with Gasteiger partial charge in [-0.3, -0.25) is 0 Å². The Bertz CT molecular complexity index is 834. The Kier molecular flexibility index (Phi) is 9.35. The molecule has 0 fully saturated rings. The van der Waals surface area contributed by atoms with E-state index in [2.05, 4.69) is 43.0 Å². The fourth-order valence-corrected chi connectivity index (χ4v) is 3.15. The highest BCUT2D eigenvalue weighted by Crippen LogP contribution is 2.16. The number of hydrogen-bond donors (Lipinski definition) is 0. The lowest BCUT2D eigenvalue weighted by Crippen LogP contribution is -2.31. The highest BCUT2D eigenvalue weighted by Gasteiger charge is 2.21. The predicted octanol–water partition coefficient (Wildman–Crippen LogP) is 5.81. The summed E-state index contributed by atoms with van der Waals surface area (Å²) in [6, 6.07) is 30.5. The summed E-state index contributed by atoms with van der Waals surface area (Å²) in [4.78, 5) is 0. The Morgan fingerprint density at radius 2 is 1.03 bits per heavy atom. The molecule has 0 amide bonds. The summed E-state index contributed by atoms with van der Waals surface area (Å²) in [6.07, 6.45) is 1.77. The van der Waals surface area contributed by atoms with Crippen molar-refractivity contribution < 1.29 is 14.2 Å². The van der Waals surface area contributed by atoms with E-state index in [1.807, 2.05) is 60.7 Å². The molecule has 0 aliphatic rings. The molecule has 0 spiro atoms. The zero-order valence-corrected chi connectivity index (χ0v) is 17.4. The second-order valence-corrected chi connectivity index (χ2v) is 7.24. The smallest absolute Gasteiger partial charge is 0.0897 e. The van der Waals surface area contributed by atoms with Crippen LogP contribution < -0.4 is 0 Å². The van der Waals surface area contributed by atoms with Crippen molar-refractivity contribution in [2.75, 3.05) is 13.2 Å². The molecule has 0 heterocycles. The van der Waals surface area contributed by atoms with Crippen LogP contribution in [0.1, 0.15) is 16.7 Å². The molecule has 3 aromatic carbocycles. The predicted molar refractivity (Wildman–Crippen MR) is 121 cm³/mol. The Labute approximate surface area is 179 Å². The molecule has 0 saturated heterocycles. The average molecular weight is 403 g/mol. The van der Waals surface area contributed by atoms with Crippen molar-refractivity contribution in [3.63, 3.8) is 0 Å². The molecular weight excluding hydrogens is 372 g/mol. The van der Waals surface area contributed by atoms with Gasteiger partial charge in [0.15, 0.2) is 0 Å². The van der Waals surface area contributed by atoms with Gasteiger partial charge in [0.25, 0.3) is 0 Å². The topological polar surface area (TPSA) is 27.7 Å². The maximum atomic E-state index is 6.25. The average Bonchev–Trinajstić information content (AvgIpc) is 2.81. The minimum absolute atomic E-state index is 0.0354. The SMILES string of the molecule is C=C[C@H](COCc1ccccc1)[C@H](COCc1ccccc1)OCc1ccccc1. The lowest BCUT2D eigenvalue weighted by Gasteiger charge is -2.25. The lowest BCUT2D eigenvalue weighted by atomic mass is 10.0. The Morgan fingerprint density at radius 3 is 1.50 bits per heavy atom. The van der Waals surface area contributed by atoms with Crippen LogP contribution in [0.15, 0.2) is 104 Å². The molecule has 0 unspecified atom stereocenters. The number of benzene rings is 3. The van der Waals surface area contributed by atoms with Crippen LogP contribution >= 0.6 is 0 Å². The zero-order valence-electron chi connectivity index (χ0n) is 17.4. The van der Waals surface area contributed by atoms with Crippen molar-refractivity contribution in [1.82, 2.24) is 0 Å². The van der Waals surface area contributed by atoms with E-state index in [4.69, 9.17) is 14.2 Å². The molecule has 3 nitrogen and oxygen atoms in total. The van der Waals surface area contributed by atoms with Crippen LogP contribution in [-0.4, -0.2) is 19.3 Å². The maximum Gasteiger partial charge on any atom is 0.0897 e. The van der Waals surface area contributed by atoms with E-state index in [1.165, 1.54) is 0 Å². The van der Waals surface area contributed by atoms with E-state index in [0.717, 1.165) is 16.7 Å². The minimum Gasteiger partial charge on any atom is -0.376 e. The third-order valence-electron chi connectivity index (χ3n) is 4.90. The first kappa shape index (κ1) is 22.0. The molecule has 3 heteroatoms. The summed E-state index contributed by atoms with van der Waals surface area (Å²) in [5.41, 5.74) is 3.44. The van der Waals surface area contributed by atoms with Crippen molar-refractivity contribution in [1.29, 1.82) is 0 Å². The van der Waals surface area contributed by atoms with E-state index in [0.29, 0.717) is 33.0 Å². The molecule has 3 aromatic rings. The van der Waals surface area contributed by atoms with Gasteiger partial charge in [-0.05, 0) is 16.7 Å². The fraction of sp³-hybridized carbons (Fsp3) is 0.259. The minimum atomic E-state index is -0.137. The summed E-state index contributed by atoms with van der Waals surface area (Å²) < 4.78 is 18.2. The van der Waals surface area contributed by atoms with Crippen LogP contribution in [0.2, 0.25) is 0 Å². The van der Waals surface area contributed by atoms with Crippen molar-refractivity contribution in [3.8, 4) is 0 Å². The quantitative estimate of drug-likeness (QED) is 0.338. The summed E-state index contributed by atoms with van der Waals surface area (Å²) in [5, 5.41) is 0. The monoisotopic (exact) mass is 402 g/mol. The van der Waals surface area contributed by atoms with Gasteiger partial charge in [-0.2, -0.15) is 0 Å². The molecular formula is C27H30O3. The summed E-state index contributed by atoms with van der Waals surface area (Å²) >= 11 is 0. The highest BCUT2D eigenvalue weighted by atomic mass is 16.5. The zero-order chi connectivity index (χ0) is 20.9. The van der Waals surface area contributed by atoms with Crippen LogP contribution in [-0.2, 0) is 34.0 Å². The van der Waals surface area contributed by atoms with Crippen LogP contribution in [0.25, 0.3) is 0 Å². The Hall–Kier alpha value is -2.72. The molecule has 0 aromatic heterocycles. The number of hydrogen-bond acceptors (Lipinski definition) is 3. The van der Waals surface area contributed by atoms with E-state index in [1.54, 1.807) is 0 Å². The van der Waals surface area contributed by atoms with Crippen LogP contribution in [0.5, 0.6) is 0 Å². The van der Waals surface area contributed by atoms with Crippen LogP contribution in [0.3, 0.4) is 0 Å². The van der Waals surface area contributed by atoms with Crippen molar-refractivity contribution in [2.45, 2.75) is 25.9 Å². The third-order valence-corrected chi connectivity index (χ3v) is 4.90. The molecule has 0 bridgehead atoms. The van der Waals surface area contributed by atoms with E-state index >= 15 is 0 Å². The van der Waals surface area contributed by atoms with Crippen molar-refractivity contribution in [3.05, 3.63) is 120 Å².